The van der Waals surface area contributed by atoms with Crippen LogP contribution in [0, 0.1) is 6.92 Å². The Hall–Kier alpha value is -0.170. The van der Waals surface area contributed by atoms with E-state index in [-0.39, 0.29) is 14.2 Å². The van der Waals surface area contributed by atoms with E-state index in [4.69, 9.17) is 11.6 Å². The molecule has 1 saturated carbocycles. The molecule has 1 N–H and O–H groups in total. The Bertz CT molecular complexity index is 515. The average Bonchev–Trinajstić information content (AvgIpc) is 2.52. The summed E-state index contributed by atoms with van der Waals surface area (Å²) in [5.74, 6) is 0. The lowest BCUT2D eigenvalue weighted by molar-refractivity contribution is 0.214. The van der Waals surface area contributed by atoms with Gasteiger partial charge in [-0.05, 0) is 32.6 Å². The molecule has 0 aliphatic heterocycles. The molecule has 0 saturated heterocycles. The van der Waals surface area contributed by atoms with E-state index in [2.05, 4.69) is 9.71 Å². The highest BCUT2D eigenvalue weighted by Gasteiger charge is 2.40. The summed E-state index contributed by atoms with van der Waals surface area (Å²) in [5.41, 5.74) is 0.222. The van der Waals surface area contributed by atoms with Gasteiger partial charge in [-0.25, -0.2) is 18.1 Å². The predicted molar refractivity (Wildman–Crippen MR) is 69.1 cm³/mol. The minimum absolute atomic E-state index is 0.238. The number of aromatic nitrogens is 1. The largest absolute Gasteiger partial charge is 0.252 e. The van der Waals surface area contributed by atoms with E-state index < -0.39 is 10.0 Å². The topological polar surface area (TPSA) is 59.1 Å². The Morgan fingerprint density at radius 1 is 1.53 bits per heavy atom. The Labute approximate surface area is 110 Å². The van der Waals surface area contributed by atoms with Crippen LogP contribution in [0.15, 0.2) is 4.21 Å². The summed E-state index contributed by atoms with van der Waals surface area (Å²) >= 11 is 6.75. The summed E-state index contributed by atoms with van der Waals surface area (Å²) < 4.78 is 27.8. The molecule has 0 bridgehead atoms. The molecule has 17 heavy (non-hydrogen) atoms. The van der Waals surface area contributed by atoms with Gasteiger partial charge >= 0.3 is 0 Å². The van der Waals surface area contributed by atoms with Crippen molar-refractivity contribution in [1.29, 1.82) is 0 Å². The highest BCUT2D eigenvalue weighted by molar-refractivity contribution is 7.91. The third-order valence-corrected chi connectivity index (χ3v) is 6.76. The lowest BCUT2D eigenvalue weighted by atomic mass is 9.76. The van der Waals surface area contributed by atoms with Crippen LogP contribution in [-0.4, -0.2) is 18.9 Å². The molecule has 4 nitrogen and oxygen atoms in total. The Morgan fingerprint density at radius 2 is 2.18 bits per heavy atom. The van der Waals surface area contributed by atoms with E-state index in [0.29, 0.717) is 5.69 Å². The first-order valence-corrected chi connectivity index (χ1v) is 8.23. The minimum Gasteiger partial charge on any atom is -0.229 e. The monoisotopic (exact) mass is 294 g/mol. The third-order valence-electron chi connectivity index (χ3n) is 3.31. The summed E-state index contributed by atoms with van der Waals surface area (Å²) in [7, 11) is -3.48. The van der Waals surface area contributed by atoms with Gasteiger partial charge in [0.15, 0.2) is 8.68 Å². The first-order valence-electron chi connectivity index (χ1n) is 5.55. The molecule has 0 spiro atoms. The van der Waals surface area contributed by atoms with Crippen molar-refractivity contribution in [2.24, 2.45) is 0 Å². The van der Waals surface area contributed by atoms with Gasteiger partial charge in [-0.1, -0.05) is 29.9 Å². The molecule has 1 aliphatic carbocycles. The van der Waals surface area contributed by atoms with E-state index in [1.165, 1.54) is 0 Å². The molecule has 1 aliphatic rings. The number of aryl methyl sites for hydroxylation is 1. The molecular formula is C10H15ClN2O2S2. The molecule has 0 unspecified atom stereocenters. The van der Waals surface area contributed by atoms with Crippen molar-refractivity contribution in [3.05, 3.63) is 10.2 Å². The van der Waals surface area contributed by atoms with E-state index in [1.807, 2.05) is 6.92 Å². The van der Waals surface area contributed by atoms with Gasteiger partial charge in [-0.3, -0.25) is 0 Å². The molecular weight excluding hydrogens is 280 g/mol. The summed E-state index contributed by atoms with van der Waals surface area (Å²) in [6.45, 7) is 3.67. The molecule has 1 aromatic heterocycles. The zero-order chi connectivity index (χ0) is 12.7. The van der Waals surface area contributed by atoms with Gasteiger partial charge < -0.3 is 0 Å². The van der Waals surface area contributed by atoms with Crippen LogP contribution in [0.1, 0.15) is 38.3 Å². The minimum atomic E-state index is -3.48. The summed E-state index contributed by atoms with van der Waals surface area (Å²) in [5, 5.41) is 0. The molecule has 0 atom stereocenters. The second kappa shape index (κ2) is 4.50. The third kappa shape index (κ3) is 2.50. The summed E-state index contributed by atoms with van der Waals surface area (Å²) in [6, 6.07) is 0. The van der Waals surface area contributed by atoms with Crippen LogP contribution >= 0.6 is 22.9 Å². The first kappa shape index (κ1) is 13.3. The van der Waals surface area contributed by atoms with E-state index in [1.54, 1.807) is 6.92 Å². The summed E-state index contributed by atoms with van der Waals surface area (Å²) in [6.07, 6.45) is 3.72. The molecule has 0 amide bonds. The second-order valence-electron chi connectivity index (χ2n) is 4.43. The van der Waals surface area contributed by atoms with Crippen LogP contribution in [0.25, 0.3) is 0 Å². The standard InChI is InChI=1S/C10H15ClN2O2S2/c1-3-10(5-4-6-10)13-17(14,15)8-7(2)12-9(11)16-8/h13H,3-6H2,1-2H3. The molecule has 7 heteroatoms. The number of rotatable bonds is 4. The fourth-order valence-electron chi connectivity index (χ4n) is 2.06. The van der Waals surface area contributed by atoms with Gasteiger partial charge in [0.05, 0.1) is 5.69 Å². The first-order chi connectivity index (χ1) is 7.88. The van der Waals surface area contributed by atoms with Crippen molar-refractivity contribution < 1.29 is 8.42 Å². The van der Waals surface area contributed by atoms with Crippen molar-refractivity contribution in [1.82, 2.24) is 9.71 Å². The van der Waals surface area contributed by atoms with E-state index in [9.17, 15) is 8.42 Å². The normalized spacial score (nSPS) is 19.0. The maximum Gasteiger partial charge on any atom is 0.252 e. The average molecular weight is 295 g/mol. The maximum atomic E-state index is 12.2. The number of nitrogens with one attached hydrogen (secondary N) is 1. The van der Waals surface area contributed by atoms with Crippen molar-refractivity contribution in [3.63, 3.8) is 0 Å². The van der Waals surface area contributed by atoms with Gasteiger partial charge in [0, 0.05) is 5.54 Å². The molecule has 0 radical (unpaired) electrons. The molecule has 2 rings (SSSR count). The smallest absolute Gasteiger partial charge is 0.229 e. The highest BCUT2D eigenvalue weighted by Crippen LogP contribution is 2.37. The number of hydrogen-bond donors (Lipinski definition) is 1. The molecule has 1 fully saturated rings. The quantitative estimate of drug-likeness (QED) is 0.929. The Balaban J connectivity index is 2.28. The van der Waals surface area contributed by atoms with Gasteiger partial charge in [0.25, 0.3) is 10.0 Å². The van der Waals surface area contributed by atoms with Crippen molar-refractivity contribution in [3.8, 4) is 0 Å². The lowest BCUT2D eigenvalue weighted by Crippen LogP contribution is -2.52. The number of sulfonamides is 1. The van der Waals surface area contributed by atoms with Crippen molar-refractivity contribution >= 4 is 33.0 Å². The van der Waals surface area contributed by atoms with Gasteiger partial charge in [-0.2, -0.15) is 0 Å². The maximum absolute atomic E-state index is 12.2. The van der Waals surface area contributed by atoms with Crippen LogP contribution < -0.4 is 4.72 Å². The molecule has 0 aromatic carbocycles. The fraction of sp³-hybridized carbons (Fsp3) is 0.700. The number of hydrogen-bond acceptors (Lipinski definition) is 4. The molecule has 96 valence electrons. The highest BCUT2D eigenvalue weighted by atomic mass is 35.5. The van der Waals surface area contributed by atoms with Crippen LogP contribution in [-0.2, 0) is 10.0 Å². The van der Waals surface area contributed by atoms with Crippen LogP contribution in [0.3, 0.4) is 0 Å². The zero-order valence-corrected chi connectivity index (χ0v) is 12.2. The molecule has 1 aromatic rings. The van der Waals surface area contributed by atoms with E-state index in [0.717, 1.165) is 37.0 Å². The Morgan fingerprint density at radius 3 is 2.53 bits per heavy atom. The van der Waals surface area contributed by atoms with Gasteiger partial charge in [0.2, 0.25) is 0 Å². The van der Waals surface area contributed by atoms with Gasteiger partial charge in [-0.15, -0.1) is 0 Å². The Kier molecular flexibility index (Phi) is 3.51. The van der Waals surface area contributed by atoms with Crippen LogP contribution in [0.2, 0.25) is 4.47 Å². The van der Waals surface area contributed by atoms with Crippen LogP contribution in [0.4, 0.5) is 0 Å². The SMILES string of the molecule is CCC1(NS(=O)(=O)c2sc(Cl)nc2C)CCC1. The van der Waals surface area contributed by atoms with Crippen molar-refractivity contribution in [2.75, 3.05) is 0 Å². The number of nitrogens with zero attached hydrogens (tertiary/aromatic N) is 1. The van der Waals surface area contributed by atoms with E-state index >= 15 is 0 Å². The number of halogens is 1. The predicted octanol–water partition coefficient (Wildman–Crippen LogP) is 2.72. The number of thiazole rings is 1. The summed E-state index contributed by atoms with van der Waals surface area (Å²) in [4.78, 5) is 3.94. The zero-order valence-electron chi connectivity index (χ0n) is 9.79. The van der Waals surface area contributed by atoms with Crippen LogP contribution in [0.5, 0.6) is 0 Å². The van der Waals surface area contributed by atoms with Crippen molar-refractivity contribution in [2.45, 2.75) is 49.3 Å². The second-order valence-corrected chi connectivity index (χ2v) is 7.89. The lowest BCUT2D eigenvalue weighted by Gasteiger charge is -2.41. The fourth-order valence-corrected chi connectivity index (χ4v) is 5.33. The van der Waals surface area contributed by atoms with Gasteiger partial charge in [0.1, 0.15) is 0 Å². The molecule has 1 heterocycles.